The van der Waals surface area contributed by atoms with Crippen LogP contribution in [0, 0.1) is 0 Å². The van der Waals surface area contributed by atoms with E-state index in [4.69, 9.17) is 0 Å². The molecule has 1 aliphatic rings. The molecular weight excluding hydrogens is 352 g/mol. The molecular formula is C19H22N2O4S. The van der Waals surface area contributed by atoms with Gasteiger partial charge in [-0.05, 0) is 67.8 Å². The SMILES string of the molecule is CNS(=O)(=O)c1ccc(C(=O)N2CCC(c3ccc(O)cc3)CC2)cc1. The average molecular weight is 374 g/mol. The van der Waals surface area contributed by atoms with E-state index in [2.05, 4.69) is 4.72 Å². The Balaban J connectivity index is 1.64. The monoisotopic (exact) mass is 374 g/mol. The number of aromatic hydroxyl groups is 1. The van der Waals surface area contributed by atoms with E-state index < -0.39 is 10.0 Å². The van der Waals surface area contributed by atoms with Crippen molar-refractivity contribution in [1.82, 2.24) is 9.62 Å². The van der Waals surface area contributed by atoms with E-state index in [1.54, 1.807) is 29.2 Å². The first-order chi connectivity index (χ1) is 12.4. The third-order valence-electron chi connectivity index (χ3n) is 4.83. The lowest BCUT2D eigenvalue weighted by molar-refractivity contribution is 0.0713. The first-order valence-electron chi connectivity index (χ1n) is 8.52. The maximum absolute atomic E-state index is 12.6. The molecule has 3 rings (SSSR count). The van der Waals surface area contributed by atoms with Crippen LogP contribution in [0.2, 0.25) is 0 Å². The molecule has 7 heteroatoms. The molecule has 26 heavy (non-hydrogen) atoms. The lowest BCUT2D eigenvalue weighted by Crippen LogP contribution is -2.37. The molecule has 2 aromatic carbocycles. The number of rotatable bonds is 4. The van der Waals surface area contributed by atoms with Crippen LogP contribution in [0.4, 0.5) is 0 Å². The quantitative estimate of drug-likeness (QED) is 0.860. The minimum Gasteiger partial charge on any atom is -0.508 e. The van der Waals surface area contributed by atoms with E-state index in [1.165, 1.54) is 24.7 Å². The number of carbonyl (C=O) groups excluding carboxylic acids is 1. The number of phenols is 1. The molecule has 1 fully saturated rings. The average Bonchev–Trinajstić information content (AvgIpc) is 2.68. The summed E-state index contributed by atoms with van der Waals surface area (Å²) >= 11 is 0. The van der Waals surface area contributed by atoms with Crippen LogP contribution in [0.15, 0.2) is 53.4 Å². The van der Waals surface area contributed by atoms with Crippen molar-refractivity contribution in [2.24, 2.45) is 0 Å². The Bertz CT molecular complexity index is 869. The van der Waals surface area contributed by atoms with Gasteiger partial charge in [0.15, 0.2) is 0 Å². The van der Waals surface area contributed by atoms with Crippen LogP contribution in [0.3, 0.4) is 0 Å². The van der Waals surface area contributed by atoms with Crippen molar-refractivity contribution in [1.29, 1.82) is 0 Å². The molecule has 0 aromatic heterocycles. The van der Waals surface area contributed by atoms with Gasteiger partial charge < -0.3 is 10.0 Å². The summed E-state index contributed by atoms with van der Waals surface area (Å²) in [6.45, 7) is 1.31. The lowest BCUT2D eigenvalue weighted by atomic mass is 9.89. The zero-order valence-corrected chi connectivity index (χ0v) is 15.4. The number of hydrogen-bond acceptors (Lipinski definition) is 4. The maximum atomic E-state index is 12.6. The van der Waals surface area contributed by atoms with Gasteiger partial charge in [0.2, 0.25) is 10.0 Å². The Morgan fingerprint density at radius 2 is 1.62 bits per heavy atom. The summed E-state index contributed by atoms with van der Waals surface area (Å²) < 4.78 is 25.8. The van der Waals surface area contributed by atoms with Gasteiger partial charge in [0.05, 0.1) is 4.90 Å². The first kappa shape index (κ1) is 18.4. The number of sulfonamides is 1. The predicted octanol–water partition coefficient (Wildman–Crippen LogP) is 2.32. The Hall–Kier alpha value is -2.38. The molecule has 1 aliphatic heterocycles. The molecule has 2 aromatic rings. The number of piperidine rings is 1. The van der Waals surface area contributed by atoms with Gasteiger partial charge in [-0.25, -0.2) is 13.1 Å². The molecule has 1 heterocycles. The van der Waals surface area contributed by atoms with Crippen LogP contribution in [-0.2, 0) is 10.0 Å². The van der Waals surface area contributed by atoms with Crippen molar-refractivity contribution >= 4 is 15.9 Å². The topological polar surface area (TPSA) is 86.7 Å². The number of nitrogens with one attached hydrogen (secondary N) is 1. The van der Waals surface area contributed by atoms with Crippen LogP contribution in [0.5, 0.6) is 5.75 Å². The molecule has 0 radical (unpaired) electrons. The van der Waals surface area contributed by atoms with E-state index in [0.717, 1.165) is 12.8 Å². The fourth-order valence-corrected chi connectivity index (χ4v) is 3.97. The fourth-order valence-electron chi connectivity index (χ4n) is 3.24. The van der Waals surface area contributed by atoms with Crippen molar-refractivity contribution in [3.63, 3.8) is 0 Å². The Kier molecular flexibility index (Phi) is 5.29. The summed E-state index contributed by atoms with van der Waals surface area (Å²) in [7, 11) is -2.15. The summed E-state index contributed by atoms with van der Waals surface area (Å²) in [6.07, 6.45) is 1.73. The Labute approximate surface area is 153 Å². The predicted molar refractivity (Wildman–Crippen MR) is 98.7 cm³/mol. The van der Waals surface area contributed by atoms with Crippen molar-refractivity contribution in [3.05, 3.63) is 59.7 Å². The Morgan fingerprint density at radius 3 is 2.15 bits per heavy atom. The van der Waals surface area contributed by atoms with Gasteiger partial charge in [0, 0.05) is 18.7 Å². The van der Waals surface area contributed by atoms with Gasteiger partial charge in [-0.2, -0.15) is 0 Å². The first-order valence-corrected chi connectivity index (χ1v) is 10.0. The smallest absolute Gasteiger partial charge is 0.253 e. The number of carbonyl (C=O) groups is 1. The summed E-state index contributed by atoms with van der Waals surface area (Å²) in [4.78, 5) is 14.6. The number of phenolic OH excluding ortho intramolecular Hbond substituents is 1. The van der Waals surface area contributed by atoms with E-state index in [0.29, 0.717) is 24.6 Å². The molecule has 0 bridgehead atoms. The Morgan fingerprint density at radius 1 is 1.04 bits per heavy atom. The summed E-state index contributed by atoms with van der Waals surface area (Å²) in [6, 6.07) is 13.2. The second kappa shape index (κ2) is 7.47. The van der Waals surface area contributed by atoms with Crippen LogP contribution in [0.1, 0.15) is 34.7 Å². The van der Waals surface area contributed by atoms with Crippen LogP contribution in [0.25, 0.3) is 0 Å². The number of likely N-dealkylation sites (tertiary alicyclic amines) is 1. The normalized spacial score (nSPS) is 15.8. The highest BCUT2D eigenvalue weighted by atomic mass is 32.2. The molecule has 2 N–H and O–H groups in total. The van der Waals surface area contributed by atoms with E-state index >= 15 is 0 Å². The molecule has 0 saturated carbocycles. The molecule has 0 aliphatic carbocycles. The maximum Gasteiger partial charge on any atom is 0.253 e. The van der Waals surface area contributed by atoms with Gasteiger partial charge in [-0.3, -0.25) is 4.79 Å². The molecule has 1 saturated heterocycles. The molecule has 0 spiro atoms. The second-order valence-electron chi connectivity index (χ2n) is 6.39. The number of amides is 1. The van der Waals surface area contributed by atoms with E-state index in [1.807, 2.05) is 12.1 Å². The minimum absolute atomic E-state index is 0.0810. The van der Waals surface area contributed by atoms with Crippen LogP contribution < -0.4 is 4.72 Å². The third-order valence-corrected chi connectivity index (χ3v) is 6.26. The highest BCUT2D eigenvalue weighted by Gasteiger charge is 2.25. The van der Waals surface area contributed by atoms with Gasteiger partial charge in [0.1, 0.15) is 5.75 Å². The molecule has 6 nitrogen and oxygen atoms in total. The van der Waals surface area contributed by atoms with Gasteiger partial charge in [-0.15, -0.1) is 0 Å². The summed E-state index contributed by atoms with van der Waals surface area (Å²) in [5.41, 5.74) is 1.67. The van der Waals surface area contributed by atoms with Gasteiger partial charge >= 0.3 is 0 Å². The molecule has 0 atom stereocenters. The van der Waals surface area contributed by atoms with E-state index in [9.17, 15) is 18.3 Å². The molecule has 0 unspecified atom stereocenters. The van der Waals surface area contributed by atoms with Crippen LogP contribution in [-0.4, -0.2) is 44.5 Å². The van der Waals surface area contributed by atoms with Crippen molar-refractivity contribution in [3.8, 4) is 5.75 Å². The fraction of sp³-hybridized carbons (Fsp3) is 0.316. The number of hydrogen-bond donors (Lipinski definition) is 2. The highest BCUT2D eigenvalue weighted by molar-refractivity contribution is 7.89. The van der Waals surface area contributed by atoms with Gasteiger partial charge in [-0.1, -0.05) is 12.1 Å². The van der Waals surface area contributed by atoms with Crippen LogP contribution >= 0.6 is 0 Å². The van der Waals surface area contributed by atoms with E-state index in [-0.39, 0.29) is 16.6 Å². The zero-order valence-electron chi connectivity index (χ0n) is 14.6. The number of benzene rings is 2. The van der Waals surface area contributed by atoms with Crippen molar-refractivity contribution in [2.75, 3.05) is 20.1 Å². The summed E-state index contributed by atoms with van der Waals surface area (Å²) in [5.74, 6) is 0.551. The van der Waals surface area contributed by atoms with Crippen molar-refractivity contribution in [2.45, 2.75) is 23.7 Å². The molecule has 1 amide bonds. The third kappa shape index (κ3) is 3.89. The highest BCUT2D eigenvalue weighted by Crippen LogP contribution is 2.29. The summed E-state index contributed by atoms with van der Waals surface area (Å²) in [5, 5.41) is 9.39. The number of nitrogens with zero attached hydrogens (tertiary/aromatic N) is 1. The zero-order chi connectivity index (χ0) is 18.7. The second-order valence-corrected chi connectivity index (χ2v) is 8.28. The van der Waals surface area contributed by atoms with Crippen molar-refractivity contribution < 1.29 is 18.3 Å². The van der Waals surface area contributed by atoms with Gasteiger partial charge in [0.25, 0.3) is 5.91 Å². The standard InChI is InChI=1S/C19H22N2O4S/c1-20-26(24,25)18-8-4-16(5-9-18)19(23)21-12-10-15(11-13-21)14-2-6-17(22)7-3-14/h2-9,15,20,22H,10-13H2,1H3. The molecule has 138 valence electrons. The largest absolute Gasteiger partial charge is 0.508 e. The lowest BCUT2D eigenvalue weighted by Gasteiger charge is -2.32. The minimum atomic E-state index is -3.50.